The molecule has 3 rings (SSSR count). The summed E-state index contributed by atoms with van der Waals surface area (Å²) in [6.45, 7) is -0.382. The molecule has 0 saturated carbocycles. The number of hydrogen-bond donors (Lipinski definition) is 1. The van der Waals surface area contributed by atoms with E-state index >= 15 is 0 Å². The molecule has 24 heavy (non-hydrogen) atoms. The Morgan fingerprint density at radius 3 is 2.58 bits per heavy atom. The molecule has 5 nitrogen and oxygen atoms in total. The molecule has 1 unspecified atom stereocenters. The first kappa shape index (κ1) is 16.1. The fourth-order valence-electron chi connectivity index (χ4n) is 3.09. The second kappa shape index (κ2) is 6.74. The second-order valence-electron chi connectivity index (χ2n) is 5.86. The van der Waals surface area contributed by atoms with Crippen LogP contribution in [0.1, 0.15) is 23.5 Å². The molecule has 0 heterocycles. The molecule has 1 amide bonds. The highest BCUT2D eigenvalue weighted by Crippen LogP contribution is 2.35. The van der Waals surface area contributed by atoms with Crippen molar-refractivity contribution in [2.45, 2.75) is 18.8 Å². The van der Waals surface area contributed by atoms with Crippen molar-refractivity contribution in [3.05, 3.63) is 59.7 Å². The van der Waals surface area contributed by atoms with E-state index < -0.39 is 5.97 Å². The molecular formula is C19H19NO4. The Balaban J connectivity index is 1.71. The number of aliphatic carboxylic acids is 1. The van der Waals surface area contributed by atoms with Crippen molar-refractivity contribution in [1.29, 1.82) is 0 Å². The number of anilines is 1. The predicted molar refractivity (Wildman–Crippen MR) is 90.5 cm³/mol. The Kier molecular flexibility index (Phi) is 4.51. The molecular weight excluding hydrogens is 306 g/mol. The van der Waals surface area contributed by atoms with Crippen molar-refractivity contribution in [1.82, 2.24) is 0 Å². The number of fused-ring (bicyclic) bond motifs is 1. The van der Waals surface area contributed by atoms with Crippen LogP contribution in [-0.2, 0) is 16.0 Å². The monoisotopic (exact) mass is 325 g/mol. The number of carbonyl (C=O) groups excluding carboxylic acids is 1. The van der Waals surface area contributed by atoms with Gasteiger partial charge in [0.1, 0.15) is 5.75 Å². The SMILES string of the molecule is CN(C(=O)C1CCc2ccccc21)c1ccc(OCC(=O)O)cc1. The molecule has 1 atom stereocenters. The standard InChI is InChI=1S/C19H19NO4/c1-20(14-7-9-15(10-8-14)24-12-18(21)22)19(23)17-11-6-13-4-2-3-5-16(13)17/h2-5,7-10,17H,6,11-12H2,1H3,(H,21,22). The summed E-state index contributed by atoms with van der Waals surface area (Å²) in [7, 11) is 1.76. The molecule has 1 aliphatic carbocycles. The lowest BCUT2D eigenvalue weighted by atomic mass is 10.00. The van der Waals surface area contributed by atoms with Gasteiger partial charge in [-0.3, -0.25) is 4.79 Å². The highest BCUT2D eigenvalue weighted by molar-refractivity contribution is 5.98. The summed E-state index contributed by atoms with van der Waals surface area (Å²) in [4.78, 5) is 25.0. The van der Waals surface area contributed by atoms with Gasteiger partial charge in [0.15, 0.2) is 6.61 Å². The maximum Gasteiger partial charge on any atom is 0.341 e. The minimum atomic E-state index is -1.02. The van der Waals surface area contributed by atoms with E-state index in [-0.39, 0.29) is 18.4 Å². The van der Waals surface area contributed by atoms with Crippen LogP contribution in [0.2, 0.25) is 0 Å². The number of aryl methyl sites for hydroxylation is 1. The average molecular weight is 325 g/mol. The highest BCUT2D eigenvalue weighted by atomic mass is 16.5. The molecule has 0 aromatic heterocycles. The van der Waals surface area contributed by atoms with Gasteiger partial charge < -0.3 is 14.7 Å². The van der Waals surface area contributed by atoms with Crippen LogP contribution in [0.5, 0.6) is 5.75 Å². The summed E-state index contributed by atoms with van der Waals surface area (Å²) in [5.74, 6) is -0.590. The molecule has 2 aromatic carbocycles. The first-order chi connectivity index (χ1) is 11.6. The lowest BCUT2D eigenvalue weighted by Gasteiger charge is -2.22. The Morgan fingerprint density at radius 2 is 1.88 bits per heavy atom. The van der Waals surface area contributed by atoms with Crippen LogP contribution in [-0.4, -0.2) is 30.6 Å². The third-order valence-electron chi connectivity index (χ3n) is 4.35. The quantitative estimate of drug-likeness (QED) is 0.918. The molecule has 0 bridgehead atoms. The molecule has 5 heteroatoms. The van der Waals surface area contributed by atoms with Crippen LogP contribution in [0.4, 0.5) is 5.69 Å². The molecule has 124 valence electrons. The zero-order valence-electron chi connectivity index (χ0n) is 13.4. The second-order valence-corrected chi connectivity index (χ2v) is 5.86. The van der Waals surface area contributed by atoms with E-state index in [1.54, 1.807) is 36.2 Å². The number of carboxylic acid groups (broad SMARTS) is 1. The number of carboxylic acids is 1. The van der Waals surface area contributed by atoms with Gasteiger partial charge in [-0.05, 0) is 48.2 Å². The predicted octanol–water partition coefficient (Wildman–Crippen LogP) is 2.84. The minimum Gasteiger partial charge on any atom is -0.482 e. The van der Waals surface area contributed by atoms with Gasteiger partial charge in [-0.25, -0.2) is 4.79 Å². The minimum absolute atomic E-state index is 0.0687. The maximum absolute atomic E-state index is 12.8. The van der Waals surface area contributed by atoms with E-state index in [1.807, 2.05) is 18.2 Å². The number of likely N-dealkylation sites (N-methyl/N-ethyl adjacent to an activating group) is 1. The largest absolute Gasteiger partial charge is 0.482 e. The third kappa shape index (κ3) is 3.25. The topological polar surface area (TPSA) is 66.8 Å². The molecule has 1 aliphatic rings. The fourth-order valence-corrected chi connectivity index (χ4v) is 3.09. The smallest absolute Gasteiger partial charge is 0.341 e. The van der Waals surface area contributed by atoms with Crippen LogP contribution in [0.15, 0.2) is 48.5 Å². The molecule has 0 radical (unpaired) electrons. The summed E-state index contributed by atoms with van der Waals surface area (Å²) in [6.07, 6.45) is 1.77. The Bertz CT molecular complexity index is 754. The van der Waals surface area contributed by atoms with Gasteiger partial charge in [0, 0.05) is 12.7 Å². The first-order valence-electron chi connectivity index (χ1n) is 7.86. The highest BCUT2D eigenvalue weighted by Gasteiger charge is 2.30. The van der Waals surface area contributed by atoms with Crippen LogP contribution in [0.3, 0.4) is 0 Å². The van der Waals surface area contributed by atoms with Crippen molar-refractivity contribution in [3.63, 3.8) is 0 Å². The van der Waals surface area contributed by atoms with Gasteiger partial charge in [0.25, 0.3) is 0 Å². The lowest BCUT2D eigenvalue weighted by Crippen LogP contribution is -2.30. The summed E-state index contributed by atoms with van der Waals surface area (Å²) in [5.41, 5.74) is 3.13. The van der Waals surface area contributed by atoms with Gasteiger partial charge in [0.05, 0.1) is 5.92 Å². The van der Waals surface area contributed by atoms with Crippen molar-refractivity contribution in [3.8, 4) is 5.75 Å². The number of nitrogens with zero attached hydrogens (tertiary/aromatic N) is 1. The zero-order valence-corrected chi connectivity index (χ0v) is 13.4. The van der Waals surface area contributed by atoms with E-state index in [0.29, 0.717) is 5.75 Å². The number of carbonyl (C=O) groups is 2. The summed E-state index contributed by atoms with van der Waals surface area (Å²) in [6, 6.07) is 14.9. The zero-order chi connectivity index (χ0) is 17.1. The average Bonchev–Trinajstić information content (AvgIpc) is 3.03. The number of hydrogen-bond acceptors (Lipinski definition) is 3. The molecule has 0 saturated heterocycles. The van der Waals surface area contributed by atoms with Gasteiger partial charge >= 0.3 is 5.97 Å². The van der Waals surface area contributed by atoms with E-state index in [1.165, 1.54) is 5.56 Å². The fraction of sp³-hybridized carbons (Fsp3) is 0.263. The molecule has 0 fully saturated rings. The molecule has 0 spiro atoms. The van der Waals surface area contributed by atoms with E-state index in [2.05, 4.69) is 6.07 Å². The maximum atomic E-state index is 12.8. The summed E-state index contributed by atoms with van der Waals surface area (Å²) < 4.78 is 5.11. The van der Waals surface area contributed by atoms with E-state index in [9.17, 15) is 9.59 Å². The Morgan fingerprint density at radius 1 is 1.17 bits per heavy atom. The molecule has 2 aromatic rings. The van der Waals surface area contributed by atoms with Crippen LogP contribution >= 0.6 is 0 Å². The van der Waals surface area contributed by atoms with Crippen LogP contribution in [0.25, 0.3) is 0 Å². The summed E-state index contributed by atoms with van der Waals surface area (Å²) >= 11 is 0. The van der Waals surface area contributed by atoms with Gasteiger partial charge in [-0.15, -0.1) is 0 Å². The van der Waals surface area contributed by atoms with E-state index in [0.717, 1.165) is 24.1 Å². The van der Waals surface area contributed by atoms with Gasteiger partial charge in [0.2, 0.25) is 5.91 Å². The van der Waals surface area contributed by atoms with Crippen molar-refractivity contribution < 1.29 is 19.4 Å². The molecule has 1 N–H and O–H groups in total. The lowest BCUT2D eigenvalue weighted by molar-refractivity contribution is -0.139. The number of rotatable bonds is 5. The van der Waals surface area contributed by atoms with Crippen LogP contribution in [0, 0.1) is 0 Å². The Labute approximate surface area is 140 Å². The first-order valence-corrected chi connectivity index (χ1v) is 7.86. The van der Waals surface area contributed by atoms with Gasteiger partial charge in [-0.2, -0.15) is 0 Å². The summed E-state index contributed by atoms with van der Waals surface area (Å²) in [5, 5.41) is 8.61. The number of benzene rings is 2. The molecule has 0 aliphatic heterocycles. The normalized spacial score (nSPS) is 15.6. The van der Waals surface area contributed by atoms with Crippen molar-refractivity contribution in [2.75, 3.05) is 18.6 Å². The van der Waals surface area contributed by atoms with E-state index in [4.69, 9.17) is 9.84 Å². The van der Waals surface area contributed by atoms with Crippen molar-refractivity contribution in [2.24, 2.45) is 0 Å². The van der Waals surface area contributed by atoms with Gasteiger partial charge in [-0.1, -0.05) is 24.3 Å². The Hall–Kier alpha value is -2.82. The third-order valence-corrected chi connectivity index (χ3v) is 4.35. The van der Waals surface area contributed by atoms with Crippen LogP contribution < -0.4 is 9.64 Å². The number of ether oxygens (including phenoxy) is 1. The van der Waals surface area contributed by atoms with Crippen molar-refractivity contribution >= 4 is 17.6 Å². The number of amides is 1.